The van der Waals surface area contributed by atoms with Crippen molar-refractivity contribution < 1.29 is 9.53 Å². The van der Waals surface area contributed by atoms with Crippen LogP contribution < -0.4 is 4.72 Å². The summed E-state index contributed by atoms with van der Waals surface area (Å²) >= 11 is 8.66. The number of carbonyl (C=O) groups is 1. The molecule has 0 atom stereocenters. The highest BCUT2D eigenvalue weighted by molar-refractivity contribution is 8.00. The topological polar surface area (TPSA) is 64.1 Å². The fourth-order valence-electron chi connectivity index (χ4n) is 1.47. The number of hydrogen-bond donors (Lipinski definition) is 1. The van der Waals surface area contributed by atoms with Crippen molar-refractivity contribution in [3.8, 4) is 0 Å². The second-order valence-electron chi connectivity index (χ2n) is 3.79. The molecule has 1 heterocycles. The van der Waals surface area contributed by atoms with E-state index in [1.807, 2.05) is 12.3 Å². The molecule has 0 radical (unpaired) electrons. The molecule has 0 amide bonds. The number of carbonyl (C=O) groups excluding carboxylic acids is 1. The van der Waals surface area contributed by atoms with Crippen LogP contribution in [0.4, 0.5) is 5.82 Å². The predicted octanol–water partition coefficient (Wildman–Crippen LogP) is 3.76. The lowest BCUT2D eigenvalue weighted by atomic mass is 10.2. The Balaban J connectivity index is 2.09. The Morgan fingerprint density at radius 2 is 2.14 bits per heavy atom. The highest BCUT2D eigenvalue weighted by Crippen LogP contribution is 2.24. The molecule has 8 heteroatoms. The van der Waals surface area contributed by atoms with Crippen LogP contribution in [0.5, 0.6) is 0 Å². The smallest absolute Gasteiger partial charge is 0.337 e. The Morgan fingerprint density at radius 1 is 1.33 bits per heavy atom. The Kier molecular flexibility index (Phi) is 5.72. The number of ether oxygens (including phenoxy) is 1. The van der Waals surface area contributed by atoms with Crippen molar-refractivity contribution >= 4 is 47.1 Å². The van der Waals surface area contributed by atoms with E-state index >= 15 is 0 Å². The molecule has 0 saturated heterocycles. The number of thioether (sulfide) groups is 1. The van der Waals surface area contributed by atoms with Crippen molar-refractivity contribution in [2.75, 3.05) is 18.1 Å². The van der Waals surface area contributed by atoms with Gasteiger partial charge in [0.25, 0.3) is 0 Å². The minimum atomic E-state index is -0.368. The van der Waals surface area contributed by atoms with Crippen LogP contribution in [0.1, 0.15) is 10.4 Å². The molecule has 0 spiro atoms. The van der Waals surface area contributed by atoms with Gasteiger partial charge in [0.1, 0.15) is 10.8 Å². The SMILES string of the molecule is COC(=O)c1cccc(SNc2cc(SC)nc(Cl)n2)c1. The number of nitrogens with zero attached hydrogens (tertiary/aromatic N) is 2. The van der Waals surface area contributed by atoms with Gasteiger partial charge in [-0.1, -0.05) is 6.07 Å². The van der Waals surface area contributed by atoms with Crippen LogP contribution >= 0.6 is 35.3 Å². The summed E-state index contributed by atoms with van der Waals surface area (Å²) in [5.74, 6) is 0.236. The van der Waals surface area contributed by atoms with E-state index in [9.17, 15) is 4.79 Å². The molecule has 0 bridgehead atoms. The summed E-state index contributed by atoms with van der Waals surface area (Å²) in [6.07, 6.45) is 1.91. The summed E-state index contributed by atoms with van der Waals surface area (Å²) in [5, 5.41) is 0.967. The van der Waals surface area contributed by atoms with Crippen molar-refractivity contribution in [3.63, 3.8) is 0 Å². The maximum absolute atomic E-state index is 11.5. The van der Waals surface area contributed by atoms with Crippen molar-refractivity contribution in [1.82, 2.24) is 9.97 Å². The van der Waals surface area contributed by atoms with Gasteiger partial charge < -0.3 is 9.46 Å². The standard InChI is InChI=1S/C13H12ClN3O2S2/c1-19-12(18)8-4-3-5-9(6-8)21-17-10-7-11(20-2)16-13(14)15-10/h3-7H,1-2H3,(H,15,16,17). The molecular formula is C13H12ClN3O2S2. The average Bonchev–Trinajstić information content (AvgIpc) is 2.51. The minimum absolute atomic E-state index is 0.188. The lowest BCUT2D eigenvalue weighted by Crippen LogP contribution is -2.01. The first-order valence-electron chi connectivity index (χ1n) is 5.82. The number of esters is 1. The summed E-state index contributed by atoms with van der Waals surface area (Å²) in [7, 11) is 1.35. The zero-order valence-electron chi connectivity index (χ0n) is 11.3. The van der Waals surface area contributed by atoms with Gasteiger partial charge in [0.15, 0.2) is 0 Å². The van der Waals surface area contributed by atoms with Crippen LogP contribution in [-0.4, -0.2) is 29.3 Å². The molecule has 2 aromatic rings. The van der Waals surface area contributed by atoms with Gasteiger partial charge in [0.2, 0.25) is 5.28 Å². The molecule has 0 aliphatic rings. The number of anilines is 1. The van der Waals surface area contributed by atoms with E-state index in [2.05, 4.69) is 14.7 Å². The van der Waals surface area contributed by atoms with E-state index in [1.165, 1.54) is 30.8 Å². The quantitative estimate of drug-likeness (QED) is 0.292. The monoisotopic (exact) mass is 341 g/mol. The third-order valence-corrected chi connectivity index (χ3v) is 4.01. The van der Waals surface area contributed by atoms with Crippen LogP contribution in [0.25, 0.3) is 0 Å². The molecule has 0 aliphatic carbocycles. The van der Waals surface area contributed by atoms with Gasteiger partial charge in [0, 0.05) is 11.0 Å². The number of hydrogen-bond acceptors (Lipinski definition) is 7. The molecule has 0 unspecified atom stereocenters. The molecule has 21 heavy (non-hydrogen) atoms. The van der Waals surface area contributed by atoms with Crippen LogP contribution in [0.2, 0.25) is 5.28 Å². The molecule has 5 nitrogen and oxygen atoms in total. The Bertz CT molecular complexity index is 655. The number of halogens is 1. The fourth-order valence-corrected chi connectivity index (χ4v) is 2.77. The molecule has 1 aromatic carbocycles. The van der Waals surface area contributed by atoms with Gasteiger partial charge in [0.05, 0.1) is 12.7 Å². The number of methoxy groups -OCH3 is 1. The molecule has 0 fully saturated rings. The third-order valence-electron chi connectivity index (χ3n) is 2.41. The van der Waals surface area contributed by atoms with E-state index in [0.717, 1.165) is 9.92 Å². The summed E-state index contributed by atoms with van der Waals surface area (Å²) in [6, 6.07) is 8.90. The number of rotatable bonds is 5. The van der Waals surface area contributed by atoms with E-state index in [4.69, 9.17) is 16.3 Å². The second-order valence-corrected chi connectivity index (χ2v) is 5.83. The largest absolute Gasteiger partial charge is 0.465 e. The molecular weight excluding hydrogens is 330 g/mol. The third kappa shape index (κ3) is 4.52. The molecule has 0 aliphatic heterocycles. The highest BCUT2D eigenvalue weighted by Gasteiger charge is 2.07. The van der Waals surface area contributed by atoms with E-state index in [1.54, 1.807) is 24.3 Å². The molecule has 2 rings (SSSR count). The number of benzene rings is 1. The normalized spacial score (nSPS) is 10.2. The maximum atomic E-state index is 11.5. The number of aromatic nitrogens is 2. The molecule has 0 saturated carbocycles. The van der Waals surface area contributed by atoms with E-state index in [0.29, 0.717) is 11.4 Å². The summed E-state index contributed by atoms with van der Waals surface area (Å²) in [4.78, 5) is 20.5. The summed E-state index contributed by atoms with van der Waals surface area (Å²) in [5.41, 5.74) is 0.495. The van der Waals surface area contributed by atoms with Crippen LogP contribution in [-0.2, 0) is 4.74 Å². The van der Waals surface area contributed by atoms with E-state index < -0.39 is 0 Å². The van der Waals surface area contributed by atoms with Gasteiger partial charge >= 0.3 is 5.97 Å². The van der Waals surface area contributed by atoms with Gasteiger partial charge in [-0.3, -0.25) is 0 Å². The molecule has 110 valence electrons. The van der Waals surface area contributed by atoms with Crippen molar-refractivity contribution in [2.24, 2.45) is 0 Å². The van der Waals surface area contributed by atoms with Gasteiger partial charge in [-0.2, -0.15) is 4.98 Å². The van der Waals surface area contributed by atoms with E-state index in [-0.39, 0.29) is 11.3 Å². The first-order chi connectivity index (χ1) is 10.1. The Hall–Kier alpha value is -1.44. The molecule has 1 N–H and O–H groups in total. The first-order valence-corrected chi connectivity index (χ1v) is 8.24. The lowest BCUT2D eigenvalue weighted by molar-refractivity contribution is 0.0600. The van der Waals surface area contributed by atoms with Crippen LogP contribution in [0, 0.1) is 0 Å². The average molecular weight is 342 g/mol. The van der Waals surface area contributed by atoms with Crippen molar-refractivity contribution in [1.29, 1.82) is 0 Å². The molecule has 1 aromatic heterocycles. The summed E-state index contributed by atoms with van der Waals surface area (Å²) < 4.78 is 7.77. The van der Waals surface area contributed by atoms with Gasteiger partial charge in [-0.15, -0.1) is 11.8 Å². The van der Waals surface area contributed by atoms with Gasteiger partial charge in [-0.25, -0.2) is 9.78 Å². The first kappa shape index (κ1) is 15.9. The van der Waals surface area contributed by atoms with Gasteiger partial charge in [-0.05, 0) is 48.0 Å². The second kappa shape index (κ2) is 7.53. The predicted molar refractivity (Wildman–Crippen MR) is 86.1 cm³/mol. The zero-order valence-corrected chi connectivity index (χ0v) is 13.7. The lowest BCUT2D eigenvalue weighted by Gasteiger charge is -2.07. The minimum Gasteiger partial charge on any atom is -0.465 e. The van der Waals surface area contributed by atoms with Crippen molar-refractivity contribution in [2.45, 2.75) is 9.92 Å². The summed E-state index contributed by atoms with van der Waals surface area (Å²) in [6.45, 7) is 0. The highest BCUT2D eigenvalue weighted by atomic mass is 35.5. The van der Waals surface area contributed by atoms with Crippen LogP contribution in [0.15, 0.2) is 40.3 Å². The van der Waals surface area contributed by atoms with Crippen molar-refractivity contribution in [3.05, 3.63) is 41.2 Å². The maximum Gasteiger partial charge on any atom is 0.337 e. The Morgan fingerprint density at radius 3 is 2.86 bits per heavy atom. The number of nitrogens with one attached hydrogen (secondary N) is 1. The van der Waals surface area contributed by atoms with Crippen LogP contribution in [0.3, 0.4) is 0 Å². The fraction of sp³-hybridized carbons (Fsp3) is 0.154. The Labute approximate surface area is 136 Å². The zero-order chi connectivity index (χ0) is 15.2.